The van der Waals surface area contributed by atoms with Crippen molar-refractivity contribution in [3.63, 3.8) is 0 Å². The van der Waals surface area contributed by atoms with Crippen molar-refractivity contribution in [3.05, 3.63) is 53.6 Å². The largest absolute Gasteiger partial charge is 0.489 e. The lowest BCUT2D eigenvalue weighted by Gasteiger charge is -2.16. The van der Waals surface area contributed by atoms with E-state index in [2.05, 4.69) is 23.6 Å². The third-order valence-corrected chi connectivity index (χ3v) is 3.92. The summed E-state index contributed by atoms with van der Waals surface area (Å²) in [7, 11) is 0. The molecule has 2 aromatic rings. The molecule has 2 aromatic carbocycles. The molecule has 25 heavy (non-hydrogen) atoms. The molecule has 134 valence electrons. The Hall–Kier alpha value is -2.49. The van der Waals surface area contributed by atoms with Crippen molar-refractivity contribution >= 4 is 17.3 Å². The molecule has 0 unspecified atom stereocenters. The minimum absolute atomic E-state index is 0.0127. The lowest BCUT2D eigenvalue weighted by Crippen LogP contribution is -2.18. The van der Waals surface area contributed by atoms with E-state index in [-0.39, 0.29) is 12.0 Å². The fourth-order valence-corrected chi connectivity index (χ4v) is 2.68. The second kappa shape index (κ2) is 9.11. The summed E-state index contributed by atoms with van der Waals surface area (Å²) in [5.74, 6) is 0.823. The summed E-state index contributed by atoms with van der Waals surface area (Å²) in [5.41, 5.74) is 4.11. The van der Waals surface area contributed by atoms with Crippen LogP contribution in [0.3, 0.4) is 0 Å². The fraction of sp³-hybridized carbons (Fsp3) is 0.381. The molecule has 0 radical (unpaired) electrons. The number of para-hydroxylation sites is 3. The Morgan fingerprint density at radius 2 is 1.88 bits per heavy atom. The number of benzene rings is 2. The molecule has 0 bridgehead atoms. The summed E-state index contributed by atoms with van der Waals surface area (Å²) in [4.78, 5) is 12.3. The fourth-order valence-electron chi connectivity index (χ4n) is 2.68. The minimum atomic E-state index is 0.0127. The molecule has 0 saturated carbocycles. The highest BCUT2D eigenvalue weighted by Crippen LogP contribution is 2.25. The number of rotatable bonds is 8. The molecule has 0 aliphatic carbocycles. The van der Waals surface area contributed by atoms with E-state index in [0.29, 0.717) is 13.0 Å². The van der Waals surface area contributed by atoms with Gasteiger partial charge in [-0.2, -0.15) is 0 Å². The van der Waals surface area contributed by atoms with E-state index in [0.717, 1.165) is 34.7 Å². The number of carbonyl (C=O) groups excluding carboxylic acids is 1. The van der Waals surface area contributed by atoms with Crippen LogP contribution in [0.2, 0.25) is 0 Å². The predicted octanol–water partition coefficient (Wildman–Crippen LogP) is 4.79. The van der Waals surface area contributed by atoms with Gasteiger partial charge in [0.15, 0.2) is 0 Å². The van der Waals surface area contributed by atoms with Crippen molar-refractivity contribution in [1.82, 2.24) is 0 Å². The van der Waals surface area contributed by atoms with Crippen molar-refractivity contribution in [1.29, 1.82) is 0 Å². The van der Waals surface area contributed by atoms with Crippen LogP contribution < -0.4 is 15.4 Å². The molecular formula is C21H28N2O2. The van der Waals surface area contributed by atoms with Crippen molar-refractivity contribution in [2.45, 2.75) is 46.6 Å². The molecule has 1 amide bonds. The second-order valence-electron chi connectivity index (χ2n) is 6.35. The number of ether oxygens (including phenoxy) is 1. The van der Waals surface area contributed by atoms with Crippen LogP contribution in [0.15, 0.2) is 42.5 Å². The lowest BCUT2D eigenvalue weighted by atomic mass is 10.1. The number of hydrogen-bond donors (Lipinski definition) is 2. The lowest BCUT2D eigenvalue weighted by molar-refractivity contribution is -0.116. The predicted molar refractivity (Wildman–Crippen MR) is 104 cm³/mol. The van der Waals surface area contributed by atoms with Gasteiger partial charge in [0.2, 0.25) is 5.91 Å². The number of carbonyl (C=O) groups is 1. The third kappa shape index (κ3) is 5.52. The maximum Gasteiger partial charge on any atom is 0.226 e. The van der Waals surface area contributed by atoms with Crippen LogP contribution >= 0.6 is 0 Å². The van der Waals surface area contributed by atoms with Gasteiger partial charge in [0.1, 0.15) is 5.75 Å². The van der Waals surface area contributed by atoms with E-state index in [1.165, 1.54) is 0 Å². The first-order valence-corrected chi connectivity index (χ1v) is 8.89. The highest BCUT2D eigenvalue weighted by molar-refractivity contribution is 5.92. The molecule has 0 aliphatic heterocycles. The highest BCUT2D eigenvalue weighted by atomic mass is 16.5. The zero-order valence-electron chi connectivity index (χ0n) is 15.6. The van der Waals surface area contributed by atoms with Gasteiger partial charge in [0.25, 0.3) is 0 Å². The topological polar surface area (TPSA) is 50.4 Å². The van der Waals surface area contributed by atoms with Crippen LogP contribution in [0.4, 0.5) is 11.4 Å². The monoisotopic (exact) mass is 340 g/mol. The molecule has 4 nitrogen and oxygen atoms in total. The van der Waals surface area contributed by atoms with Gasteiger partial charge in [0, 0.05) is 18.7 Å². The van der Waals surface area contributed by atoms with E-state index in [4.69, 9.17) is 4.74 Å². The Bertz CT molecular complexity index is 711. The van der Waals surface area contributed by atoms with Gasteiger partial charge >= 0.3 is 0 Å². The average Bonchev–Trinajstić information content (AvgIpc) is 2.57. The summed E-state index contributed by atoms with van der Waals surface area (Å²) >= 11 is 0. The number of aryl methyl sites for hydroxylation is 2. The Labute approximate surface area is 150 Å². The molecule has 0 heterocycles. The molecule has 0 fully saturated rings. The quantitative estimate of drug-likeness (QED) is 0.727. The van der Waals surface area contributed by atoms with E-state index < -0.39 is 0 Å². The maximum atomic E-state index is 12.3. The number of nitrogens with one attached hydrogen (secondary N) is 2. The third-order valence-electron chi connectivity index (χ3n) is 3.92. The first-order chi connectivity index (χ1) is 12.0. The van der Waals surface area contributed by atoms with Gasteiger partial charge < -0.3 is 15.4 Å². The summed E-state index contributed by atoms with van der Waals surface area (Å²) in [5, 5.41) is 6.35. The SMILES string of the molecule is CCc1cccc(C)c1NC(=O)CCNc1ccccc1OC(C)C. The number of amides is 1. The smallest absolute Gasteiger partial charge is 0.226 e. The van der Waals surface area contributed by atoms with Crippen molar-refractivity contribution in [2.75, 3.05) is 17.2 Å². The Balaban J connectivity index is 1.92. The number of anilines is 2. The Morgan fingerprint density at radius 1 is 1.12 bits per heavy atom. The van der Waals surface area contributed by atoms with E-state index in [1.807, 2.05) is 57.2 Å². The Kier molecular flexibility index (Phi) is 6.87. The molecule has 2 N–H and O–H groups in total. The zero-order chi connectivity index (χ0) is 18.2. The molecular weight excluding hydrogens is 312 g/mol. The summed E-state index contributed by atoms with van der Waals surface area (Å²) < 4.78 is 5.78. The van der Waals surface area contributed by atoms with Gasteiger partial charge in [0.05, 0.1) is 11.8 Å². The molecule has 0 atom stereocenters. The van der Waals surface area contributed by atoms with E-state index >= 15 is 0 Å². The summed E-state index contributed by atoms with van der Waals surface area (Å²) in [6.45, 7) is 8.66. The van der Waals surface area contributed by atoms with Gasteiger partial charge in [-0.05, 0) is 50.5 Å². The van der Waals surface area contributed by atoms with E-state index in [1.54, 1.807) is 0 Å². The van der Waals surface area contributed by atoms with Crippen molar-refractivity contribution in [3.8, 4) is 5.75 Å². The Morgan fingerprint density at radius 3 is 2.60 bits per heavy atom. The average molecular weight is 340 g/mol. The summed E-state index contributed by atoms with van der Waals surface area (Å²) in [6.07, 6.45) is 1.41. The molecule has 0 spiro atoms. The first-order valence-electron chi connectivity index (χ1n) is 8.89. The van der Waals surface area contributed by atoms with Gasteiger partial charge in [-0.1, -0.05) is 37.3 Å². The van der Waals surface area contributed by atoms with Gasteiger partial charge in [-0.3, -0.25) is 4.79 Å². The van der Waals surface area contributed by atoms with Crippen LogP contribution in [-0.2, 0) is 11.2 Å². The van der Waals surface area contributed by atoms with Crippen LogP contribution in [0.5, 0.6) is 5.75 Å². The van der Waals surface area contributed by atoms with Crippen LogP contribution in [0.25, 0.3) is 0 Å². The molecule has 2 rings (SSSR count). The second-order valence-corrected chi connectivity index (χ2v) is 6.35. The molecule has 0 saturated heterocycles. The molecule has 0 aliphatic rings. The zero-order valence-corrected chi connectivity index (χ0v) is 15.6. The minimum Gasteiger partial charge on any atom is -0.489 e. The van der Waals surface area contributed by atoms with Crippen molar-refractivity contribution < 1.29 is 9.53 Å². The van der Waals surface area contributed by atoms with Crippen molar-refractivity contribution in [2.24, 2.45) is 0 Å². The van der Waals surface area contributed by atoms with Crippen LogP contribution in [0.1, 0.15) is 38.3 Å². The molecule has 4 heteroatoms. The van der Waals surface area contributed by atoms with Gasteiger partial charge in [-0.15, -0.1) is 0 Å². The number of hydrogen-bond acceptors (Lipinski definition) is 3. The normalized spacial score (nSPS) is 10.6. The maximum absolute atomic E-state index is 12.3. The first kappa shape index (κ1) is 18.8. The van der Waals surface area contributed by atoms with E-state index in [9.17, 15) is 4.79 Å². The molecule has 0 aromatic heterocycles. The standard InChI is InChI=1S/C21H28N2O2/c1-5-17-10-8-9-16(4)21(17)23-20(24)13-14-22-18-11-6-7-12-19(18)25-15(2)3/h6-12,15,22H,5,13-14H2,1-4H3,(H,23,24). The van der Waals surface area contributed by atoms with Crippen LogP contribution in [-0.4, -0.2) is 18.6 Å². The highest BCUT2D eigenvalue weighted by Gasteiger charge is 2.09. The summed E-state index contributed by atoms with van der Waals surface area (Å²) in [6, 6.07) is 13.9. The van der Waals surface area contributed by atoms with Gasteiger partial charge in [-0.25, -0.2) is 0 Å². The van der Waals surface area contributed by atoms with Crippen LogP contribution in [0, 0.1) is 6.92 Å².